The summed E-state index contributed by atoms with van der Waals surface area (Å²) in [6, 6.07) is 58.6. The molecule has 0 saturated heterocycles. The summed E-state index contributed by atoms with van der Waals surface area (Å²) in [7, 11) is 30.8. The van der Waals surface area contributed by atoms with Gasteiger partial charge < -0.3 is 0 Å². The molecule has 0 aliphatic carbocycles. The van der Waals surface area contributed by atoms with E-state index >= 15 is 0 Å². The van der Waals surface area contributed by atoms with Crippen LogP contribution in [-0.4, -0.2) is 54.2 Å². The van der Waals surface area contributed by atoms with Crippen LogP contribution in [0, 0.1) is 0 Å². The summed E-state index contributed by atoms with van der Waals surface area (Å²) in [5.41, 5.74) is 12.3. The van der Waals surface area contributed by atoms with Gasteiger partial charge in [-0.3, -0.25) is 0 Å². The van der Waals surface area contributed by atoms with Gasteiger partial charge in [-0.15, -0.1) is 27.7 Å². The minimum atomic E-state index is 0.205. The van der Waals surface area contributed by atoms with Crippen molar-refractivity contribution >= 4 is 98.1 Å². The van der Waals surface area contributed by atoms with E-state index in [0.29, 0.717) is 34.0 Å². The zero-order valence-electron chi connectivity index (χ0n) is 32.3. The first-order valence-corrected chi connectivity index (χ1v) is 20.3. The van der Waals surface area contributed by atoms with Gasteiger partial charge in [-0.05, 0) is 62.7 Å². The monoisotopic (exact) mass is 769 g/mol. The van der Waals surface area contributed by atoms with Crippen LogP contribution in [0.5, 0.6) is 0 Å². The zero-order chi connectivity index (χ0) is 40.9. The Balaban J connectivity index is 0.950. The highest BCUT2D eigenvalue weighted by Gasteiger charge is 2.18. The van der Waals surface area contributed by atoms with Crippen molar-refractivity contribution in [2.75, 3.05) is 0 Å². The lowest BCUT2D eigenvalue weighted by atomic mass is 9.59. The average molecular weight is 769 g/mol. The molecule has 8 aromatic carbocycles. The lowest BCUT2D eigenvalue weighted by Crippen LogP contribution is -2.55. The molecule has 0 N–H and O–H groups in total. The largest absolute Gasteiger partial charge is 0.208 e. The van der Waals surface area contributed by atoms with Gasteiger partial charge in [0.1, 0.15) is 39.2 Å². The van der Waals surface area contributed by atoms with Crippen LogP contribution in [0.2, 0.25) is 0 Å². The molecular formula is C51H28B5N3S. The van der Waals surface area contributed by atoms with Gasteiger partial charge in [0, 0.05) is 36.9 Å². The molecule has 0 atom stereocenters. The van der Waals surface area contributed by atoms with E-state index in [1.54, 1.807) is 11.3 Å². The van der Waals surface area contributed by atoms with Gasteiger partial charge in [0.25, 0.3) is 0 Å². The quantitative estimate of drug-likeness (QED) is 0.155. The van der Waals surface area contributed by atoms with Gasteiger partial charge >= 0.3 is 0 Å². The van der Waals surface area contributed by atoms with E-state index in [1.165, 1.54) is 14.8 Å². The molecule has 9 heteroatoms. The SMILES string of the molecule is [B]c1c([B])c([B])c(-c2ccc(-c3ccc(-c4ccc(-c5ccc6sc7cccc(-c8nc(-c9ccccc9)nc(-c9ccccc9)n8)c7c6c5)cc4)cc3)cc2)c([B])c1[B]. The molecular weight excluding hydrogens is 741 g/mol. The van der Waals surface area contributed by atoms with Crippen molar-refractivity contribution in [3.8, 4) is 78.7 Å². The average Bonchev–Trinajstić information content (AvgIpc) is 3.69. The van der Waals surface area contributed by atoms with E-state index < -0.39 is 0 Å². The topological polar surface area (TPSA) is 38.7 Å². The number of aromatic nitrogens is 3. The van der Waals surface area contributed by atoms with Crippen LogP contribution in [0.25, 0.3) is 98.8 Å². The first-order valence-electron chi connectivity index (χ1n) is 19.5. The Hall–Kier alpha value is -6.69. The maximum absolute atomic E-state index is 6.30. The molecule has 10 aromatic rings. The van der Waals surface area contributed by atoms with Crippen molar-refractivity contribution in [3.63, 3.8) is 0 Å². The predicted molar refractivity (Wildman–Crippen MR) is 258 cm³/mol. The maximum atomic E-state index is 6.30. The van der Waals surface area contributed by atoms with Gasteiger partial charge in [0.05, 0.1) is 0 Å². The molecule has 0 saturated carbocycles. The molecule has 0 fully saturated rings. The molecule has 10 radical (unpaired) electrons. The van der Waals surface area contributed by atoms with E-state index in [4.69, 9.17) is 54.2 Å². The van der Waals surface area contributed by atoms with Crippen molar-refractivity contribution in [3.05, 3.63) is 170 Å². The van der Waals surface area contributed by atoms with E-state index in [9.17, 15) is 0 Å². The zero-order valence-corrected chi connectivity index (χ0v) is 33.1. The summed E-state index contributed by atoms with van der Waals surface area (Å²) < 4.78 is 2.39. The minimum Gasteiger partial charge on any atom is -0.208 e. The number of hydrogen-bond donors (Lipinski definition) is 0. The van der Waals surface area contributed by atoms with Crippen LogP contribution in [0.3, 0.4) is 0 Å². The van der Waals surface area contributed by atoms with Gasteiger partial charge in [-0.2, -0.15) is 0 Å². The molecule has 0 unspecified atom stereocenters. The fraction of sp³-hybridized carbons (Fsp3) is 0. The van der Waals surface area contributed by atoms with E-state index in [0.717, 1.165) is 61.0 Å². The van der Waals surface area contributed by atoms with E-state index in [1.807, 2.05) is 84.9 Å². The molecule has 2 heterocycles. The molecule has 60 heavy (non-hydrogen) atoms. The number of thiophene rings is 1. The first-order chi connectivity index (χ1) is 29.3. The van der Waals surface area contributed by atoms with Gasteiger partial charge in [0.2, 0.25) is 0 Å². The fourth-order valence-corrected chi connectivity index (χ4v) is 8.93. The molecule has 268 valence electrons. The molecule has 0 aliphatic rings. The van der Waals surface area contributed by atoms with E-state index in [2.05, 4.69) is 84.9 Å². The summed E-state index contributed by atoms with van der Waals surface area (Å²) >= 11 is 1.78. The Labute approximate surface area is 359 Å². The molecule has 0 aliphatic heterocycles. The predicted octanol–water partition coefficient (Wildman–Crippen LogP) is 7.88. The summed E-state index contributed by atoms with van der Waals surface area (Å²) in [6.45, 7) is 0. The summed E-state index contributed by atoms with van der Waals surface area (Å²) in [4.78, 5) is 15.1. The minimum absolute atomic E-state index is 0.205. The highest BCUT2D eigenvalue weighted by Crippen LogP contribution is 2.41. The van der Waals surface area contributed by atoms with Crippen molar-refractivity contribution in [1.82, 2.24) is 15.0 Å². The Morgan fingerprint density at radius 2 is 0.733 bits per heavy atom. The van der Waals surface area contributed by atoms with Gasteiger partial charge in [-0.25, -0.2) is 15.0 Å². The number of benzene rings is 8. The Bertz CT molecular complexity index is 3140. The van der Waals surface area contributed by atoms with Crippen LogP contribution >= 0.6 is 11.3 Å². The highest BCUT2D eigenvalue weighted by atomic mass is 32.1. The van der Waals surface area contributed by atoms with E-state index in [-0.39, 0.29) is 16.4 Å². The van der Waals surface area contributed by atoms with Crippen molar-refractivity contribution in [2.24, 2.45) is 0 Å². The van der Waals surface area contributed by atoms with Crippen LogP contribution in [0.4, 0.5) is 0 Å². The van der Waals surface area contributed by atoms with Crippen molar-refractivity contribution < 1.29 is 0 Å². The Morgan fingerprint density at radius 3 is 1.23 bits per heavy atom. The third-order valence-electron chi connectivity index (χ3n) is 11.1. The number of fused-ring (bicyclic) bond motifs is 3. The molecule has 0 spiro atoms. The number of nitrogens with zero attached hydrogens (tertiary/aromatic N) is 3. The van der Waals surface area contributed by atoms with Crippen LogP contribution in [0.1, 0.15) is 0 Å². The molecule has 0 bridgehead atoms. The number of hydrogen-bond acceptors (Lipinski definition) is 4. The summed E-state index contributed by atoms with van der Waals surface area (Å²) in [5.74, 6) is 1.94. The van der Waals surface area contributed by atoms with Crippen molar-refractivity contribution in [1.29, 1.82) is 0 Å². The number of rotatable bonds is 7. The Kier molecular flexibility index (Phi) is 9.70. The second-order valence-corrected chi connectivity index (χ2v) is 15.8. The van der Waals surface area contributed by atoms with Crippen LogP contribution in [0.15, 0.2) is 170 Å². The third-order valence-corrected chi connectivity index (χ3v) is 12.2. The summed E-state index contributed by atoms with van der Waals surface area (Å²) in [5, 5.41) is 2.32. The lowest BCUT2D eigenvalue weighted by molar-refractivity contribution is 1.08. The standard InChI is InChI=1S/C51H28B5N3S/c52-44-42(45(53)47(55)48(56)46(44)54)34-24-22-32(23-25-34)30-16-14-29(15-17-30)31-18-20-33(21-19-31)37-26-27-40-39(28-37)43-38(12-7-13-41(43)60-40)51-58-49(35-8-3-1-4-9-35)57-50(59-51)36-10-5-2-6-11-36/h1-28H. The third kappa shape index (κ3) is 6.79. The normalized spacial score (nSPS) is 11.3. The smallest absolute Gasteiger partial charge is 0.164 e. The van der Waals surface area contributed by atoms with Gasteiger partial charge in [-0.1, -0.05) is 163 Å². The first kappa shape index (κ1) is 37.6. The highest BCUT2D eigenvalue weighted by molar-refractivity contribution is 7.26. The molecule has 0 amide bonds. The second-order valence-electron chi connectivity index (χ2n) is 14.7. The molecule has 10 rings (SSSR count). The molecule has 3 nitrogen and oxygen atoms in total. The molecule has 2 aromatic heterocycles. The van der Waals surface area contributed by atoms with Crippen LogP contribution < -0.4 is 27.3 Å². The second kappa shape index (κ2) is 15.5. The lowest BCUT2D eigenvalue weighted by Gasteiger charge is -2.21. The van der Waals surface area contributed by atoms with Crippen molar-refractivity contribution in [2.45, 2.75) is 0 Å². The fourth-order valence-electron chi connectivity index (χ4n) is 7.82. The summed E-state index contributed by atoms with van der Waals surface area (Å²) in [6.07, 6.45) is 0. The Morgan fingerprint density at radius 1 is 0.317 bits per heavy atom. The van der Waals surface area contributed by atoms with Gasteiger partial charge in [0.15, 0.2) is 17.5 Å². The maximum Gasteiger partial charge on any atom is 0.164 e. The van der Waals surface area contributed by atoms with Crippen LogP contribution in [-0.2, 0) is 0 Å².